The average Bonchev–Trinajstić information content (AvgIpc) is 2.63. The Morgan fingerprint density at radius 3 is 1.96 bits per heavy atom. The standard InChI is InChI=1S/C18H19Br.2C2H6/c1-3-6-14(4-2)15-9-11-16(12-10-15)17-7-5-8-18(19)13-17;2*1-2/h5-13H,3-4H2,1-2H3;2*1-2H3/b14-6+;;. The van der Waals surface area contributed by atoms with E-state index < -0.39 is 0 Å². The van der Waals surface area contributed by atoms with Crippen LogP contribution >= 0.6 is 15.9 Å². The first kappa shape index (κ1) is 21.7. The minimum atomic E-state index is 1.09. The highest BCUT2D eigenvalue weighted by Crippen LogP contribution is 2.26. The second kappa shape index (κ2) is 13.1. The SMILES string of the molecule is CC.CC.CC/C=C(\CC)c1ccc(-c2cccc(Br)c2)cc1. The van der Waals surface area contributed by atoms with E-state index in [4.69, 9.17) is 0 Å². The lowest BCUT2D eigenvalue weighted by atomic mass is 9.98. The van der Waals surface area contributed by atoms with Gasteiger partial charge in [-0.05, 0) is 47.2 Å². The Bertz CT molecular complexity index is 565. The van der Waals surface area contributed by atoms with Crippen LogP contribution in [0.1, 0.15) is 59.9 Å². The van der Waals surface area contributed by atoms with Crippen LogP contribution in [-0.2, 0) is 0 Å². The molecule has 0 saturated carbocycles. The fourth-order valence-electron chi connectivity index (χ4n) is 2.26. The van der Waals surface area contributed by atoms with Crippen LogP contribution in [-0.4, -0.2) is 0 Å². The maximum absolute atomic E-state index is 3.52. The van der Waals surface area contributed by atoms with Gasteiger partial charge in [-0.15, -0.1) is 0 Å². The topological polar surface area (TPSA) is 0 Å². The molecular formula is C22H31Br. The molecular weight excluding hydrogens is 344 g/mol. The van der Waals surface area contributed by atoms with Gasteiger partial charge in [-0.25, -0.2) is 0 Å². The number of hydrogen-bond donors (Lipinski definition) is 0. The van der Waals surface area contributed by atoms with Crippen molar-refractivity contribution in [1.82, 2.24) is 0 Å². The van der Waals surface area contributed by atoms with E-state index in [1.807, 2.05) is 27.7 Å². The molecule has 1 heteroatoms. The lowest BCUT2D eigenvalue weighted by Gasteiger charge is -2.07. The summed E-state index contributed by atoms with van der Waals surface area (Å²) in [6, 6.07) is 17.3. The second-order valence-electron chi connectivity index (χ2n) is 4.58. The van der Waals surface area contributed by atoms with Crippen LogP contribution in [0.25, 0.3) is 16.7 Å². The molecule has 2 aromatic rings. The summed E-state index contributed by atoms with van der Waals surface area (Å²) in [5.41, 5.74) is 5.28. The summed E-state index contributed by atoms with van der Waals surface area (Å²) in [4.78, 5) is 0. The molecule has 0 amide bonds. The van der Waals surface area contributed by atoms with Gasteiger partial charge in [0, 0.05) is 4.47 Å². The summed E-state index contributed by atoms with van der Waals surface area (Å²) in [6.45, 7) is 12.4. The van der Waals surface area contributed by atoms with Gasteiger partial charge >= 0.3 is 0 Å². The Balaban J connectivity index is 0.00000112. The molecule has 0 nitrogen and oxygen atoms in total. The lowest BCUT2D eigenvalue weighted by molar-refractivity contribution is 1.17. The molecule has 0 radical (unpaired) electrons. The normalized spacial score (nSPS) is 10.1. The number of hydrogen-bond acceptors (Lipinski definition) is 0. The van der Waals surface area contributed by atoms with Crippen LogP contribution in [0.5, 0.6) is 0 Å². The molecule has 0 spiro atoms. The summed E-state index contributed by atoms with van der Waals surface area (Å²) in [5.74, 6) is 0. The minimum absolute atomic E-state index is 1.09. The third-order valence-electron chi connectivity index (χ3n) is 3.25. The van der Waals surface area contributed by atoms with Gasteiger partial charge < -0.3 is 0 Å². The van der Waals surface area contributed by atoms with E-state index in [9.17, 15) is 0 Å². The molecule has 23 heavy (non-hydrogen) atoms. The zero-order valence-corrected chi connectivity index (χ0v) is 17.1. The van der Waals surface area contributed by atoms with Crippen molar-refractivity contribution >= 4 is 21.5 Å². The Morgan fingerprint density at radius 1 is 0.870 bits per heavy atom. The summed E-state index contributed by atoms with van der Waals surface area (Å²) in [6.07, 6.45) is 4.49. The fourth-order valence-corrected chi connectivity index (χ4v) is 2.66. The molecule has 0 aliphatic carbocycles. The molecule has 0 aliphatic rings. The van der Waals surface area contributed by atoms with Gasteiger partial charge in [0.1, 0.15) is 0 Å². The van der Waals surface area contributed by atoms with Gasteiger partial charge in [-0.2, -0.15) is 0 Å². The van der Waals surface area contributed by atoms with E-state index in [1.54, 1.807) is 0 Å². The van der Waals surface area contributed by atoms with E-state index in [1.165, 1.54) is 22.3 Å². The zero-order chi connectivity index (χ0) is 17.7. The van der Waals surface area contributed by atoms with Gasteiger partial charge in [0.25, 0.3) is 0 Å². The largest absolute Gasteiger partial charge is 0.0810 e. The molecule has 0 bridgehead atoms. The fraction of sp³-hybridized carbons (Fsp3) is 0.364. The van der Waals surface area contributed by atoms with Gasteiger partial charge in [-0.3, -0.25) is 0 Å². The van der Waals surface area contributed by atoms with Crippen molar-refractivity contribution in [2.24, 2.45) is 0 Å². The van der Waals surface area contributed by atoms with Crippen molar-refractivity contribution in [3.8, 4) is 11.1 Å². The monoisotopic (exact) mass is 374 g/mol. The van der Waals surface area contributed by atoms with Gasteiger partial charge in [0.2, 0.25) is 0 Å². The molecule has 126 valence electrons. The first-order valence-electron chi connectivity index (χ1n) is 8.80. The lowest BCUT2D eigenvalue weighted by Crippen LogP contribution is -1.84. The number of rotatable bonds is 4. The number of allylic oxidation sites excluding steroid dienone is 2. The third kappa shape index (κ3) is 7.18. The van der Waals surface area contributed by atoms with E-state index in [2.05, 4.69) is 84.4 Å². The van der Waals surface area contributed by atoms with Crippen LogP contribution in [0.2, 0.25) is 0 Å². The second-order valence-corrected chi connectivity index (χ2v) is 5.49. The van der Waals surface area contributed by atoms with Crippen molar-refractivity contribution in [2.75, 3.05) is 0 Å². The Labute approximate surface area is 151 Å². The minimum Gasteiger partial charge on any atom is -0.0810 e. The first-order valence-corrected chi connectivity index (χ1v) is 9.59. The number of halogens is 1. The van der Waals surface area contributed by atoms with Crippen LogP contribution < -0.4 is 0 Å². The molecule has 0 atom stereocenters. The van der Waals surface area contributed by atoms with E-state index in [0.29, 0.717) is 0 Å². The molecule has 2 rings (SSSR count). The Hall–Kier alpha value is -1.34. The molecule has 0 N–H and O–H groups in total. The Morgan fingerprint density at radius 2 is 1.48 bits per heavy atom. The van der Waals surface area contributed by atoms with Crippen molar-refractivity contribution < 1.29 is 0 Å². The highest BCUT2D eigenvalue weighted by molar-refractivity contribution is 9.10. The van der Waals surface area contributed by atoms with Gasteiger partial charge in [0.05, 0.1) is 0 Å². The predicted molar refractivity (Wildman–Crippen MR) is 111 cm³/mol. The molecule has 0 heterocycles. The maximum Gasteiger partial charge on any atom is 0.0181 e. The van der Waals surface area contributed by atoms with Crippen molar-refractivity contribution in [3.63, 3.8) is 0 Å². The quantitative estimate of drug-likeness (QED) is 0.503. The van der Waals surface area contributed by atoms with E-state index >= 15 is 0 Å². The molecule has 0 unspecified atom stereocenters. The highest BCUT2D eigenvalue weighted by Gasteiger charge is 2.01. The average molecular weight is 375 g/mol. The smallest absolute Gasteiger partial charge is 0.0181 e. The van der Waals surface area contributed by atoms with Crippen LogP contribution in [0.3, 0.4) is 0 Å². The molecule has 0 fully saturated rings. The summed E-state index contributed by atoms with van der Waals surface area (Å²) < 4.78 is 1.12. The van der Waals surface area contributed by atoms with E-state index in [0.717, 1.165) is 17.3 Å². The first-order chi connectivity index (χ1) is 11.2. The zero-order valence-electron chi connectivity index (χ0n) is 15.5. The predicted octanol–water partition coefficient (Wildman–Crippen LogP) is 8.37. The third-order valence-corrected chi connectivity index (χ3v) is 3.74. The van der Waals surface area contributed by atoms with Crippen LogP contribution in [0.15, 0.2) is 59.1 Å². The maximum atomic E-state index is 3.52. The molecule has 0 aliphatic heterocycles. The molecule has 0 aromatic heterocycles. The van der Waals surface area contributed by atoms with Crippen LogP contribution in [0.4, 0.5) is 0 Å². The van der Waals surface area contributed by atoms with Crippen molar-refractivity contribution in [1.29, 1.82) is 0 Å². The van der Waals surface area contributed by atoms with Gasteiger partial charge in [-0.1, -0.05) is 99.9 Å². The van der Waals surface area contributed by atoms with Crippen LogP contribution in [0, 0.1) is 0 Å². The molecule has 0 saturated heterocycles. The summed E-state index contributed by atoms with van der Waals surface area (Å²) in [5, 5.41) is 0. The number of benzene rings is 2. The van der Waals surface area contributed by atoms with Crippen molar-refractivity contribution in [2.45, 2.75) is 54.4 Å². The highest BCUT2D eigenvalue weighted by atomic mass is 79.9. The summed E-state index contributed by atoms with van der Waals surface area (Å²) in [7, 11) is 0. The van der Waals surface area contributed by atoms with Gasteiger partial charge in [0.15, 0.2) is 0 Å². The molecule has 2 aromatic carbocycles. The summed E-state index contributed by atoms with van der Waals surface area (Å²) >= 11 is 3.52. The Kier molecular flexibility index (Phi) is 12.4. The van der Waals surface area contributed by atoms with E-state index in [-0.39, 0.29) is 0 Å². The van der Waals surface area contributed by atoms with Crippen molar-refractivity contribution in [3.05, 3.63) is 64.6 Å².